The van der Waals surface area contributed by atoms with Gasteiger partial charge in [0.25, 0.3) is 0 Å². The highest BCUT2D eigenvalue weighted by atomic mass is 32.2. The molecule has 0 saturated heterocycles. The molecule has 4 rings (SSSR count). The van der Waals surface area contributed by atoms with E-state index in [1.807, 2.05) is 78.5 Å². The van der Waals surface area contributed by atoms with Crippen molar-refractivity contribution in [3.05, 3.63) is 108 Å². The van der Waals surface area contributed by atoms with Gasteiger partial charge in [0.15, 0.2) is 11.6 Å². The van der Waals surface area contributed by atoms with Gasteiger partial charge in [0.2, 0.25) is 0 Å². The van der Waals surface area contributed by atoms with Gasteiger partial charge in [-0.1, -0.05) is 97.4 Å². The minimum absolute atomic E-state index is 0.0856. The largest absolute Gasteiger partial charge is 0.294 e. The quantitative estimate of drug-likeness (QED) is 0.368. The zero-order valence-corrected chi connectivity index (χ0v) is 18.5. The summed E-state index contributed by atoms with van der Waals surface area (Å²) in [7, 11) is 0. The maximum atomic E-state index is 13.6. The van der Waals surface area contributed by atoms with Crippen LogP contribution in [0, 0.1) is 11.8 Å². The van der Waals surface area contributed by atoms with Gasteiger partial charge in [-0.25, -0.2) is 0 Å². The molecule has 3 aromatic rings. The van der Waals surface area contributed by atoms with Crippen molar-refractivity contribution < 1.29 is 9.59 Å². The fraction of sp³-hybridized carbons (Fsp3) is 0.286. The number of Topliss-reactive ketones (excluding diaryl/α,β-unsaturated/α-hetero) is 2. The molecule has 3 heteroatoms. The van der Waals surface area contributed by atoms with E-state index in [1.54, 1.807) is 0 Å². The van der Waals surface area contributed by atoms with Crippen LogP contribution in [0.15, 0.2) is 91.0 Å². The third kappa shape index (κ3) is 5.54. The third-order valence-corrected chi connectivity index (χ3v) is 7.64. The highest BCUT2D eigenvalue weighted by Crippen LogP contribution is 2.42. The fourth-order valence-corrected chi connectivity index (χ4v) is 6.08. The molecule has 0 unspecified atom stereocenters. The van der Waals surface area contributed by atoms with E-state index in [9.17, 15) is 9.59 Å². The molecule has 158 valence electrons. The lowest BCUT2D eigenvalue weighted by Crippen LogP contribution is -2.38. The molecule has 2 nitrogen and oxygen atoms in total. The Kier molecular flexibility index (Phi) is 7.37. The second-order valence-corrected chi connectivity index (χ2v) is 9.50. The molecule has 1 fully saturated rings. The molecule has 0 radical (unpaired) electrons. The normalized spacial score (nSPS) is 20.8. The first-order valence-corrected chi connectivity index (χ1v) is 12.1. The second kappa shape index (κ2) is 10.6. The summed E-state index contributed by atoms with van der Waals surface area (Å²) in [6, 6.07) is 29.5. The topological polar surface area (TPSA) is 34.1 Å². The highest BCUT2D eigenvalue weighted by Gasteiger charge is 2.39. The van der Waals surface area contributed by atoms with Crippen molar-refractivity contribution in [2.75, 3.05) is 0 Å². The Morgan fingerprint density at radius 3 is 1.97 bits per heavy atom. The Morgan fingerprint density at radius 1 is 0.742 bits per heavy atom. The molecular weight excluding hydrogens is 400 g/mol. The number of ketones is 2. The Morgan fingerprint density at radius 2 is 1.32 bits per heavy atom. The summed E-state index contributed by atoms with van der Waals surface area (Å²) < 4.78 is 0. The standard InChI is InChI=1S/C28H28O2S/c29-25(22-13-6-2-7-14-22)19-24-17-10-18-26(31-20-21-11-4-1-5-12-21)27(24)28(30)23-15-8-3-9-16-23/h1-9,11-16,24,26-27H,10,17-20H2/t24-,26-,27-/m1/s1. The van der Waals surface area contributed by atoms with Gasteiger partial charge in [-0.2, -0.15) is 11.8 Å². The van der Waals surface area contributed by atoms with Crippen molar-refractivity contribution in [1.29, 1.82) is 0 Å². The van der Waals surface area contributed by atoms with Gasteiger partial charge in [0, 0.05) is 34.5 Å². The first-order chi connectivity index (χ1) is 15.2. The zero-order valence-electron chi connectivity index (χ0n) is 17.7. The number of hydrogen-bond donors (Lipinski definition) is 0. The van der Waals surface area contributed by atoms with Crippen molar-refractivity contribution in [2.45, 2.75) is 36.7 Å². The number of rotatable bonds is 8. The minimum atomic E-state index is -0.127. The molecule has 0 N–H and O–H groups in total. The molecule has 31 heavy (non-hydrogen) atoms. The number of carbonyl (C=O) groups is 2. The van der Waals surface area contributed by atoms with E-state index in [2.05, 4.69) is 24.3 Å². The lowest BCUT2D eigenvalue weighted by Gasteiger charge is -2.37. The van der Waals surface area contributed by atoms with Gasteiger partial charge < -0.3 is 0 Å². The predicted octanol–water partition coefficient (Wildman–Crippen LogP) is 6.86. The first kappa shape index (κ1) is 21.6. The smallest absolute Gasteiger partial charge is 0.167 e. The zero-order chi connectivity index (χ0) is 21.5. The van der Waals surface area contributed by atoms with Crippen LogP contribution in [0.4, 0.5) is 0 Å². The lowest BCUT2D eigenvalue weighted by atomic mass is 9.72. The molecule has 0 bridgehead atoms. The second-order valence-electron chi connectivity index (χ2n) is 8.28. The van der Waals surface area contributed by atoms with E-state index in [1.165, 1.54) is 5.56 Å². The number of carbonyl (C=O) groups excluding carboxylic acids is 2. The van der Waals surface area contributed by atoms with Crippen LogP contribution >= 0.6 is 11.8 Å². The van der Waals surface area contributed by atoms with Crippen LogP contribution in [0.25, 0.3) is 0 Å². The summed E-state index contributed by atoms with van der Waals surface area (Å²) in [5, 5.41) is 0.232. The Bertz CT molecular complexity index is 985. The van der Waals surface area contributed by atoms with Crippen molar-refractivity contribution in [1.82, 2.24) is 0 Å². The SMILES string of the molecule is O=C(C[C@H]1CCC[C@@H](SCc2ccccc2)[C@@H]1C(=O)c1ccccc1)c1ccccc1. The fourth-order valence-electron chi connectivity index (χ4n) is 4.60. The van der Waals surface area contributed by atoms with Crippen LogP contribution in [0.2, 0.25) is 0 Å². The van der Waals surface area contributed by atoms with E-state index in [0.29, 0.717) is 6.42 Å². The molecule has 0 heterocycles. The summed E-state index contributed by atoms with van der Waals surface area (Å²) in [6.07, 6.45) is 3.47. The molecule has 0 aliphatic heterocycles. The predicted molar refractivity (Wildman–Crippen MR) is 129 cm³/mol. The van der Waals surface area contributed by atoms with E-state index < -0.39 is 0 Å². The van der Waals surface area contributed by atoms with Crippen LogP contribution in [0.5, 0.6) is 0 Å². The summed E-state index contributed by atoms with van der Waals surface area (Å²) in [4.78, 5) is 26.6. The van der Waals surface area contributed by atoms with E-state index in [4.69, 9.17) is 0 Å². The summed E-state index contributed by atoms with van der Waals surface area (Å²) in [5.41, 5.74) is 2.78. The van der Waals surface area contributed by atoms with Crippen LogP contribution < -0.4 is 0 Å². The minimum Gasteiger partial charge on any atom is -0.294 e. The monoisotopic (exact) mass is 428 g/mol. The van der Waals surface area contributed by atoms with Crippen molar-refractivity contribution in [3.63, 3.8) is 0 Å². The molecule has 0 spiro atoms. The first-order valence-electron chi connectivity index (χ1n) is 11.1. The Hall–Kier alpha value is -2.65. The summed E-state index contributed by atoms with van der Waals surface area (Å²) >= 11 is 1.88. The molecule has 1 aliphatic rings. The van der Waals surface area contributed by atoms with Gasteiger partial charge in [-0.3, -0.25) is 9.59 Å². The van der Waals surface area contributed by atoms with Gasteiger partial charge in [-0.05, 0) is 24.3 Å². The molecule has 3 aromatic carbocycles. The average molecular weight is 429 g/mol. The van der Waals surface area contributed by atoms with Gasteiger partial charge in [0.1, 0.15) is 0 Å². The molecule has 1 aliphatic carbocycles. The third-order valence-electron chi connectivity index (χ3n) is 6.18. The van der Waals surface area contributed by atoms with Gasteiger partial charge in [0.05, 0.1) is 0 Å². The van der Waals surface area contributed by atoms with Crippen LogP contribution in [-0.4, -0.2) is 16.8 Å². The van der Waals surface area contributed by atoms with E-state index in [0.717, 1.165) is 36.1 Å². The van der Waals surface area contributed by atoms with E-state index >= 15 is 0 Å². The van der Waals surface area contributed by atoms with Gasteiger partial charge >= 0.3 is 0 Å². The summed E-state index contributed by atoms with van der Waals surface area (Å²) in [5.74, 6) is 1.19. The molecule has 0 aromatic heterocycles. The average Bonchev–Trinajstić information content (AvgIpc) is 2.84. The Labute approximate surface area is 189 Å². The van der Waals surface area contributed by atoms with Crippen molar-refractivity contribution in [2.24, 2.45) is 11.8 Å². The molecule has 3 atom stereocenters. The maximum Gasteiger partial charge on any atom is 0.167 e. The lowest BCUT2D eigenvalue weighted by molar-refractivity contribution is 0.0793. The molecule has 0 amide bonds. The van der Waals surface area contributed by atoms with Crippen LogP contribution in [0.1, 0.15) is 52.0 Å². The van der Waals surface area contributed by atoms with Crippen molar-refractivity contribution in [3.8, 4) is 0 Å². The van der Waals surface area contributed by atoms with E-state index in [-0.39, 0.29) is 28.7 Å². The van der Waals surface area contributed by atoms with Crippen molar-refractivity contribution >= 4 is 23.3 Å². The molecular formula is C28H28O2S. The molecule has 1 saturated carbocycles. The maximum absolute atomic E-state index is 13.6. The van der Waals surface area contributed by atoms with Gasteiger partial charge in [-0.15, -0.1) is 0 Å². The highest BCUT2D eigenvalue weighted by molar-refractivity contribution is 7.99. The van der Waals surface area contributed by atoms with Crippen LogP contribution in [-0.2, 0) is 5.75 Å². The number of benzene rings is 3. The number of hydrogen-bond acceptors (Lipinski definition) is 3. The summed E-state index contributed by atoms with van der Waals surface area (Å²) in [6.45, 7) is 0. The number of thioether (sulfide) groups is 1. The Balaban J connectivity index is 1.56. The van der Waals surface area contributed by atoms with Crippen LogP contribution in [0.3, 0.4) is 0 Å².